The first-order chi connectivity index (χ1) is 10.6. The molecule has 0 radical (unpaired) electrons. The summed E-state index contributed by atoms with van der Waals surface area (Å²) in [5, 5.41) is 13.7. The van der Waals surface area contributed by atoms with Crippen LogP contribution in [0.2, 0.25) is 0 Å². The minimum absolute atomic E-state index is 0.0492. The van der Waals surface area contributed by atoms with Crippen LogP contribution in [0, 0.1) is 0 Å². The lowest BCUT2D eigenvalue weighted by atomic mass is 10.2. The Morgan fingerprint density at radius 2 is 2.09 bits per heavy atom. The summed E-state index contributed by atoms with van der Waals surface area (Å²) in [6.07, 6.45) is -0.592. The van der Waals surface area contributed by atoms with Crippen molar-refractivity contribution in [2.45, 2.75) is 19.1 Å². The van der Waals surface area contributed by atoms with Gasteiger partial charge in [-0.2, -0.15) is 0 Å². The number of alkyl carbamates (subject to hydrolysis) is 1. The number of likely N-dealkylation sites (tertiary alicyclic amines) is 1. The third-order valence-corrected chi connectivity index (χ3v) is 3.51. The van der Waals surface area contributed by atoms with Gasteiger partial charge in [-0.25, -0.2) is 9.59 Å². The van der Waals surface area contributed by atoms with E-state index in [2.05, 4.69) is 15.5 Å². The van der Waals surface area contributed by atoms with Crippen molar-refractivity contribution in [2.24, 2.45) is 0 Å². The Morgan fingerprint density at radius 1 is 1.32 bits per heavy atom. The van der Waals surface area contributed by atoms with Gasteiger partial charge < -0.3 is 20.5 Å². The second-order valence-electron chi connectivity index (χ2n) is 5.22. The van der Waals surface area contributed by atoms with Crippen molar-refractivity contribution in [3.8, 4) is 0 Å². The number of carbonyl (C=O) groups is 2. The summed E-state index contributed by atoms with van der Waals surface area (Å²) in [4.78, 5) is 24.2. The molecule has 7 heteroatoms. The second-order valence-corrected chi connectivity index (χ2v) is 5.22. The van der Waals surface area contributed by atoms with Gasteiger partial charge in [-0.15, -0.1) is 0 Å². The van der Waals surface area contributed by atoms with E-state index in [0.717, 1.165) is 18.5 Å². The first kappa shape index (κ1) is 16.1. The number of hydrogen-bond donors (Lipinski definition) is 3. The molecule has 0 saturated carbocycles. The number of rotatable bonds is 6. The summed E-state index contributed by atoms with van der Waals surface area (Å²) in [7, 11) is 0. The van der Waals surface area contributed by atoms with Crippen LogP contribution in [0.3, 0.4) is 0 Å². The molecule has 1 saturated heterocycles. The smallest absolute Gasteiger partial charge is 0.407 e. The molecular weight excluding hydrogens is 286 g/mol. The molecular formula is C15H21N3O4. The molecule has 7 nitrogen and oxygen atoms in total. The maximum Gasteiger partial charge on any atom is 0.407 e. The fraction of sp³-hybridized carbons (Fsp3) is 0.467. The van der Waals surface area contributed by atoms with Gasteiger partial charge in [0.1, 0.15) is 6.61 Å². The molecule has 1 unspecified atom stereocenters. The Kier molecular flexibility index (Phi) is 6.02. The molecule has 1 aromatic rings. The largest absolute Gasteiger partial charge is 0.465 e. The molecule has 1 aliphatic heterocycles. The van der Waals surface area contributed by atoms with Gasteiger partial charge in [-0.3, -0.25) is 4.90 Å². The van der Waals surface area contributed by atoms with Gasteiger partial charge in [-0.05, 0) is 12.0 Å². The predicted molar refractivity (Wildman–Crippen MR) is 80.6 cm³/mol. The first-order valence-corrected chi connectivity index (χ1v) is 7.30. The van der Waals surface area contributed by atoms with Gasteiger partial charge in [0.2, 0.25) is 0 Å². The summed E-state index contributed by atoms with van der Waals surface area (Å²) in [6, 6.07) is 9.57. The normalized spacial score (nSPS) is 17.9. The van der Waals surface area contributed by atoms with Crippen molar-refractivity contribution in [2.75, 3.05) is 26.2 Å². The molecule has 1 fully saturated rings. The second kappa shape index (κ2) is 8.23. The van der Waals surface area contributed by atoms with E-state index in [1.54, 1.807) is 0 Å². The zero-order chi connectivity index (χ0) is 15.8. The molecule has 1 aliphatic rings. The molecule has 2 rings (SSSR count). The standard InChI is InChI=1S/C15H21N3O4/c19-14(20)16-7-9-18-8-6-13(10-18)17-15(21)22-11-12-4-2-1-3-5-12/h1-5,13,16H,6-11H2,(H,17,21)(H,19,20). The van der Waals surface area contributed by atoms with Gasteiger partial charge in [-0.1, -0.05) is 30.3 Å². The van der Waals surface area contributed by atoms with Crippen LogP contribution in [0.5, 0.6) is 0 Å². The minimum atomic E-state index is -1.02. The highest BCUT2D eigenvalue weighted by Gasteiger charge is 2.23. The summed E-state index contributed by atoms with van der Waals surface area (Å²) in [5.74, 6) is 0. The van der Waals surface area contributed by atoms with E-state index in [-0.39, 0.29) is 12.6 Å². The third kappa shape index (κ3) is 5.61. The number of nitrogens with zero attached hydrogens (tertiary/aromatic N) is 1. The highest BCUT2D eigenvalue weighted by Crippen LogP contribution is 2.09. The Labute approximate surface area is 129 Å². The number of hydrogen-bond acceptors (Lipinski definition) is 4. The molecule has 1 atom stereocenters. The first-order valence-electron chi connectivity index (χ1n) is 7.30. The van der Waals surface area contributed by atoms with Crippen molar-refractivity contribution >= 4 is 12.2 Å². The fourth-order valence-electron chi connectivity index (χ4n) is 2.41. The zero-order valence-electron chi connectivity index (χ0n) is 12.3. The molecule has 0 aromatic heterocycles. The highest BCUT2D eigenvalue weighted by molar-refractivity contribution is 5.67. The van der Waals surface area contributed by atoms with Crippen molar-refractivity contribution in [1.82, 2.24) is 15.5 Å². The third-order valence-electron chi connectivity index (χ3n) is 3.51. The number of nitrogens with one attached hydrogen (secondary N) is 2. The molecule has 1 aromatic carbocycles. The lowest BCUT2D eigenvalue weighted by molar-refractivity contribution is 0.135. The Hall–Kier alpha value is -2.28. The van der Waals surface area contributed by atoms with E-state index in [1.807, 2.05) is 30.3 Å². The molecule has 0 spiro atoms. The van der Waals surface area contributed by atoms with Crippen molar-refractivity contribution in [1.29, 1.82) is 0 Å². The van der Waals surface area contributed by atoms with Gasteiger partial charge in [0.05, 0.1) is 0 Å². The molecule has 1 heterocycles. The number of ether oxygens (including phenoxy) is 1. The summed E-state index contributed by atoms with van der Waals surface area (Å²) in [5.41, 5.74) is 0.949. The van der Waals surface area contributed by atoms with Crippen LogP contribution in [0.1, 0.15) is 12.0 Å². The van der Waals surface area contributed by atoms with E-state index in [1.165, 1.54) is 0 Å². The van der Waals surface area contributed by atoms with E-state index in [0.29, 0.717) is 19.6 Å². The Morgan fingerprint density at radius 3 is 2.82 bits per heavy atom. The van der Waals surface area contributed by atoms with E-state index in [4.69, 9.17) is 9.84 Å². The molecule has 120 valence electrons. The number of amides is 2. The van der Waals surface area contributed by atoms with E-state index >= 15 is 0 Å². The van der Waals surface area contributed by atoms with Crippen LogP contribution in [0.4, 0.5) is 9.59 Å². The molecule has 0 bridgehead atoms. The zero-order valence-corrected chi connectivity index (χ0v) is 12.3. The van der Waals surface area contributed by atoms with Crippen LogP contribution in [0.15, 0.2) is 30.3 Å². The summed E-state index contributed by atoms with van der Waals surface area (Å²) >= 11 is 0. The minimum Gasteiger partial charge on any atom is -0.465 e. The van der Waals surface area contributed by atoms with E-state index < -0.39 is 12.2 Å². The van der Waals surface area contributed by atoms with E-state index in [9.17, 15) is 9.59 Å². The Balaban J connectivity index is 1.62. The monoisotopic (exact) mass is 307 g/mol. The topological polar surface area (TPSA) is 90.9 Å². The number of carbonyl (C=O) groups excluding carboxylic acids is 1. The van der Waals surface area contributed by atoms with Crippen molar-refractivity contribution in [3.05, 3.63) is 35.9 Å². The van der Waals surface area contributed by atoms with Crippen LogP contribution in [-0.4, -0.2) is 54.4 Å². The van der Waals surface area contributed by atoms with Crippen LogP contribution in [0.25, 0.3) is 0 Å². The van der Waals surface area contributed by atoms with Gasteiger partial charge in [0.15, 0.2) is 0 Å². The fourth-order valence-corrected chi connectivity index (χ4v) is 2.41. The maximum absolute atomic E-state index is 11.7. The van der Waals surface area contributed by atoms with Crippen LogP contribution < -0.4 is 10.6 Å². The highest BCUT2D eigenvalue weighted by atomic mass is 16.5. The predicted octanol–water partition coefficient (Wildman–Crippen LogP) is 1.25. The SMILES string of the molecule is O=C(O)NCCN1CCC(NC(=O)OCc2ccccc2)C1. The lowest BCUT2D eigenvalue weighted by Crippen LogP contribution is -2.39. The van der Waals surface area contributed by atoms with Crippen LogP contribution in [-0.2, 0) is 11.3 Å². The van der Waals surface area contributed by atoms with Gasteiger partial charge in [0, 0.05) is 32.2 Å². The average molecular weight is 307 g/mol. The van der Waals surface area contributed by atoms with Crippen molar-refractivity contribution < 1.29 is 19.4 Å². The summed E-state index contributed by atoms with van der Waals surface area (Å²) in [6.45, 7) is 2.84. The molecule has 2 amide bonds. The number of carboxylic acid groups (broad SMARTS) is 1. The number of benzene rings is 1. The molecule has 0 aliphatic carbocycles. The van der Waals surface area contributed by atoms with Gasteiger partial charge in [0.25, 0.3) is 0 Å². The Bertz CT molecular complexity index is 495. The quantitative estimate of drug-likeness (QED) is 0.736. The van der Waals surface area contributed by atoms with Crippen LogP contribution >= 0.6 is 0 Å². The lowest BCUT2D eigenvalue weighted by Gasteiger charge is -2.16. The average Bonchev–Trinajstić information content (AvgIpc) is 2.93. The van der Waals surface area contributed by atoms with Gasteiger partial charge >= 0.3 is 12.2 Å². The maximum atomic E-state index is 11.7. The summed E-state index contributed by atoms with van der Waals surface area (Å²) < 4.78 is 5.18. The molecule has 22 heavy (non-hydrogen) atoms. The molecule has 3 N–H and O–H groups in total. The van der Waals surface area contributed by atoms with Crippen molar-refractivity contribution in [3.63, 3.8) is 0 Å².